The van der Waals surface area contributed by atoms with Gasteiger partial charge < -0.3 is 19.9 Å². The van der Waals surface area contributed by atoms with Gasteiger partial charge in [0.1, 0.15) is 33.0 Å². The molecule has 1 aliphatic heterocycles. The van der Waals surface area contributed by atoms with Gasteiger partial charge in [-0.05, 0) is 38.5 Å². The van der Waals surface area contributed by atoms with Gasteiger partial charge in [-0.3, -0.25) is 14.2 Å². The van der Waals surface area contributed by atoms with Crippen molar-refractivity contribution < 1.29 is 23.8 Å². The first kappa shape index (κ1) is 26.7. The van der Waals surface area contributed by atoms with Gasteiger partial charge in [0.2, 0.25) is 5.91 Å². The fourth-order valence-electron chi connectivity index (χ4n) is 4.94. The summed E-state index contributed by atoms with van der Waals surface area (Å²) < 4.78 is 28.0. The summed E-state index contributed by atoms with van der Waals surface area (Å²) in [7, 11) is 1.43. The van der Waals surface area contributed by atoms with Crippen molar-refractivity contribution in [1.82, 2.24) is 29.4 Å². The molecule has 0 saturated carbocycles. The normalized spacial score (nSPS) is 18.0. The lowest BCUT2D eigenvalue weighted by atomic mass is 10.00. The molecule has 39 heavy (non-hydrogen) atoms. The van der Waals surface area contributed by atoms with E-state index in [4.69, 9.17) is 9.47 Å². The third-order valence-electron chi connectivity index (χ3n) is 6.97. The van der Waals surface area contributed by atoms with E-state index in [0.717, 1.165) is 15.9 Å². The van der Waals surface area contributed by atoms with Gasteiger partial charge >= 0.3 is 5.69 Å². The number of aliphatic hydroxyl groups excluding tert-OH is 1. The number of fused-ring (bicyclic) bond motifs is 1. The summed E-state index contributed by atoms with van der Waals surface area (Å²) in [5, 5.41) is 21.3. The maximum atomic E-state index is 14.3. The highest BCUT2D eigenvalue weighted by atomic mass is 32.1. The second-order valence-electron chi connectivity index (χ2n) is 9.31. The third kappa shape index (κ3) is 4.43. The first-order chi connectivity index (χ1) is 18.7. The first-order valence-electron chi connectivity index (χ1n) is 12.2. The number of aliphatic hydroxyl groups is 1. The summed E-state index contributed by atoms with van der Waals surface area (Å²) >= 11 is 1.14. The fourth-order valence-corrected chi connectivity index (χ4v) is 6.16. The number of aryl methyl sites for hydroxylation is 1. The molecule has 1 aliphatic rings. The second kappa shape index (κ2) is 10.4. The Labute approximate surface area is 225 Å². The highest BCUT2D eigenvalue weighted by Crippen LogP contribution is 2.34. The van der Waals surface area contributed by atoms with E-state index in [-0.39, 0.29) is 31.6 Å². The maximum Gasteiger partial charge on any atom is 0.333 e. The van der Waals surface area contributed by atoms with E-state index >= 15 is 0 Å². The molecular weight excluding hydrogens is 531 g/mol. The van der Waals surface area contributed by atoms with Gasteiger partial charge in [0, 0.05) is 17.7 Å². The molecular formula is C25H27FN6O6S. The average Bonchev–Trinajstić information content (AvgIpc) is 3.64. The van der Waals surface area contributed by atoms with Crippen LogP contribution in [0.4, 0.5) is 4.39 Å². The Morgan fingerprint density at radius 3 is 2.64 bits per heavy atom. The van der Waals surface area contributed by atoms with Gasteiger partial charge in [0.25, 0.3) is 5.56 Å². The highest BCUT2D eigenvalue weighted by molar-refractivity contribution is 7.21. The van der Waals surface area contributed by atoms with Crippen LogP contribution in [0.3, 0.4) is 0 Å². The van der Waals surface area contributed by atoms with Crippen LogP contribution in [0.1, 0.15) is 30.6 Å². The Bertz CT molecular complexity index is 1660. The Balaban J connectivity index is 1.80. The van der Waals surface area contributed by atoms with Crippen LogP contribution in [-0.4, -0.2) is 62.0 Å². The summed E-state index contributed by atoms with van der Waals surface area (Å²) in [6.07, 6.45) is 2.28. The number of carbonyl (C=O) groups is 1. The molecule has 2 atom stereocenters. The van der Waals surface area contributed by atoms with Crippen molar-refractivity contribution in [2.45, 2.75) is 38.5 Å². The fraction of sp³-hybridized carbons (Fsp3) is 0.400. The van der Waals surface area contributed by atoms with Gasteiger partial charge in [-0.2, -0.15) is 10.2 Å². The van der Waals surface area contributed by atoms with Crippen LogP contribution in [-0.2, 0) is 21.6 Å². The molecule has 4 aromatic rings. The van der Waals surface area contributed by atoms with Crippen LogP contribution in [0.2, 0.25) is 0 Å². The second-order valence-corrected chi connectivity index (χ2v) is 10.3. The van der Waals surface area contributed by atoms with Crippen molar-refractivity contribution in [3.05, 3.63) is 68.4 Å². The number of nitrogens with zero attached hydrogens (tertiary/aromatic N) is 5. The first-order valence-corrected chi connectivity index (χ1v) is 13.0. The summed E-state index contributed by atoms with van der Waals surface area (Å²) in [6.45, 7) is 3.01. The molecule has 2 N–H and O–H groups in total. The molecule has 14 heteroatoms. The van der Waals surface area contributed by atoms with Gasteiger partial charge in [-0.25, -0.2) is 13.8 Å². The summed E-state index contributed by atoms with van der Waals surface area (Å²) in [6, 6.07) is 3.92. The van der Waals surface area contributed by atoms with E-state index in [1.54, 1.807) is 13.8 Å². The molecule has 0 bridgehead atoms. The lowest BCUT2D eigenvalue weighted by Crippen LogP contribution is -2.53. The van der Waals surface area contributed by atoms with E-state index in [0.29, 0.717) is 33.3 Å². The molecule has 1 fully saturated rings. The summed E-state index contributed by atoms with van der Waals surface area (Å²) in [4.78, 5) is 42.6. The van der Waals surface area contributed by atoms with Gasteiger partial charge in [0.05, 0.1) is 44.6 Å². The smallest absolute Gasteiger partial charge is 0.333 e. The number of aromatic nitrogens is 5. The zero-order chi connectivity index (χ0) is 27.9. The van der Waals surface area contributed by atoms with Crippen molar-refractivity contribution in [3.63, 3.8) is 0 Å². The molecule has 5 rings (SSSR count). The molecule has 1 amide bonds. The van der Waals surface area contributed by atoms with Crippen molar-refractivity contribution in [2.75, 3.05) is 26.9 Å². The zero-order valence-corrected chi connectivity index (χ0v) is 22.3. The van der Waals surface area contributed by atoms with Crippen molar-refractivity contribution in [2.24, 2.45) is 0 Å². The number of ether oxygens (including phenoxy) is 2. The number of hydrogen-bond acceptors (Lipinski definition) is 9. The maximum absolute atomic E-state index is 14.3. The number of hydrogen-bond donors (Lipinski definition) is 2. The SMILES string of the molecule is COc1ccc(F)cc1[C@H](Cn1c(=O)n([C@]2(C)CCNC2=O)c(=O)c2c(C)c(-n3nccn3)sc21)OCCO. The Morgan fingerprint density at radius 2 is 2.00 bits per heavy atom. The molecule has 0 radical (unpaired) electrons. The molecule has 3 aromatic heterocycles. The molecule has 1 saturated heterocycles. The highest BCUT2D eigenvalue weighted by Gasteiger charge is 2.43. The Hall–Kier alpha value is -3.88. The molecule has 12 nitrogen and oxygen atoms in total. The number of methoxy groups -OCH3 is 1. The minimum atomic E-state index is -1.42. The largest absolute Gasteiger partial charge is 0.496 e. The standard InChI is InChI=1S/C25H27FN6O6S/c1-14-19-20(34)31(25(2)6-7-27-23(25)35)24(36)30(22(19)39-21(14)32-28-8-9-29-32)13-18(38-11-10-33)16-12-15(26)4-5-17(16)37-3/h4-5,8-9,12,18,33H,6-7,10-11,13H2,1-3H3,(H,27,35)/t18-,25+/m0/s1. The van der Waals surface area contributed by atoms with E-state index in [1.807, 2.05) is 0 Å². The number of nitrogens with one attached hydrogen (secondary N) is 1. The molecule has 1 aromatic carbocycles. The van der Waals surface area contributed by atoms with E-state index < -0.39 is 34.6 Å². The molecule has 0 aliphatic carbocycles. The Morgan fingerprint density at radius 1 is 1.26 bits per heavy atom. The molecule has 0 unspecified atom stereocenters. The van der Waals surface area contributed by atoms with Crippen molar-refractivity contribution in [3.8, 4) is 10.8 Å². The average molecular weight is 559 g/mol. The number of benzene rings is 1. The van der Waals surface area contributed by atoms with Gasteiger partial charge in [-0.1, -0.05) is 11.3 Å². The van der Waals surface area contributed by atoms with Crippen LogP contribution in [0.15, 0.2) is 40.2 Å². The van der Waals surface area contributed by atoms with Crippen LogP contribution in [0.25, 0.3) is 15.2 Å². The van der Waals surface area contributed by atoms with E-state index in [9.17, 15) is 23.9 Å². The molecule has 0 spiro atoms. The van der Waals surface area contributed by atoms with Gasteiger partial charge in [-0.15, -0.1) is 4.80 Å². The third-order valence-corrected chi connectivity index (χ3v) is 8.25. The lowest BCUT2D eigenvalue weighted by Gasteiger charge is -2.26. The van der Waals surface area contributed by atoms with Crippen molar-refractivity contribution in [1.29, 1.82) is 0 Å². The van der Waals surface area contributed by atoms with Crippen molar-refractivity contribution >= 4 is 27.5 Å². The number of rotatable bonds is 9. The van der Waals surface area contributed by atoms with E-state index in [2.05, 4.69) is 15.5 Å². The number of halogens is 1. The minimum absolute atomic E-state index is 0.103. The van der Waals surface area contributed by atoms with Crippen LogP contribution >= 0.6 is 11.3 Å². The van der Waals surface area contributed by atoms with E-state index in [1.165, 1.54) is 47.1 Å². The lowest BCUT2D eigenvalue weighted by molar-refractivity contribution is -0.126. The van der Waals surface area contributed by atoms with Crippen LogP contribution in [0, 0.1) is 12.7 Å². The van der Waals surface area contributed by atoms with Gasteiger partial charge in [0.15, 0.2) is 0 Å². The quantitative estimate of drug-likeness (QED) is 0.313. The zero-order valence-electron chi connectivity index (χ0n) is 21.5. The topological polar surface area (TPSA) is 142 Å². The minimum Gasteiger partial charge on any atom is -0.496 e. The predicted octanol–water partition coefficient (Wildman–Crippen LogP) is 1.25. The number of thiophene rings is 1. The summed E-state index contributed by atoms with van der Waals surface area (Å²) in [5.41, 5.74) is -1.89. The number of carbonyl (C=O) groups excluding carboxylic acids is 1. The molecule has 4 heterocycles. The predicted molar refractivity (Wildman–Crippen MR) is 140 cm³/mol. The number of amides is 1. The molecule has 206 valence electrons. The monoisotopic (exact) mass is 558 g/mol. The van der Waals surface area contributed by atoms with Crippen LogP contribution in [0.5, 0.6) is 5.75 Å². The Kier molecular flexibility index (Phi) is 7.09. The van der Waals surface area contributed by atoms with Crippen LogP contribution < -0.4 is 21.3 Å². The summed E-state index contributed by atoms with van der Waals surface area (Å²) in [5.74, 6) is -0.655.